The Bertz CT molecular complexity index is 813. The molecule has 142 valence electrons. The summed E-state index contributed by atoms with van der Waals surface area (Å²) in [5, 5.41) is 2.08. The molecule has 1 aliphatic rings. The number of fused-ring (bicyclic) bond motifs is 3. The van der Waals surface area contributed by atoms with Gasteiger partial charge < -0.3 is 9.64 Å². The molecular weight excluding hydrogens is 366 g/mol. The maximum absolute atomic E-state index is 12.4. The normalized spacial score (nSPS) is 15.9. The lowest BCUT2D eigenvalue weighted by molar-refractivity contribution is -0.127. The molecular formula is C19H27N3O2S2. The van der Waals surface area contributed by atoms with E-state index >= 15 is 0 Å². The number of thiophene rings is 1. The fourth-order valence-corrected chi connectivity index (χ4v) is 5.38. The van der Waals surface area contributed by atoms with E-state index in [-0.39, 0.29) is 11.5 Å². The Morgan fingerprint density at radius 1 is 1.27 bits per heavy atom. The number of aryl methyl sites for hydroxylation is 1. The minimum absolute atomic E-state index is 0.164. The van der Waals surface area contributed by atoms with Crippen LogP contribution in [0.4, 0.5) is 0 Å². The van der Waals surface area contributed by atoms with Gasteiger partial charge in [-0.1, -0.05) is 18.7 Å². The third kappa shape index (κ3) is 3.89. The SMILES string of the molecule is CCc1nc(SCC(=O)N(CC)CC)c2c3c(sc2n1)COC(C)(C)C3. The number of ether oxygens (including phenoxy) is 1. The van der Waals surface area contributed by atoms with Crippen LogP contribution >= 0.6 is 23.1 Å². The van der Waals surface area contributed by atoms with Crippen LogP contribution in [0.25, 0.3) is 10.2 Å². The van der Waals surface area contributed by atoms with Crippen LogP contribution in [0.15, 0.2) is 5.03 Å². The zero-order valence-electron chi connectivity index (χ0n) is 16.2. The van der Waals surface area contributed by atoms with Crippen molar-refractivity contribution in [3.8, 4) is 0 Å². The van der Waals surface area contributed by atoms with Crippen molar-refractivity contribution in [1.82, 2.24) is 14.9 Å². The van der Waals surface area contributed by atoms with E-state index in [0.717, 1.165) is 47.0 Å². The summed E-state index contributed by atoms with van der Waals surface area (Å²) in [6, 6.07) is 0. The fourth-order valence-electron chi connectivity index (χ4n) is 3.21. The summed E-state index contributed by atoms with van der Waals surface area (Å²) in [5.74, 6) is 1.42. The molecule has 1 aliphatic heterocycles. The van der Waals surface area contributed by atoms with Crippen LogP contribution in [0, 0.1) is 0 Å². The monoisotopic (exact) mass is 393 g/mol. The van der Waals surface area contributed by atoms with Crippen molar-refractivity contribution in [3.63, 3.8) is 0 Å². The Morgan fingerprint density at radius 2 is 2.00 bits per heavy atom. The van der Waals surface area contributed by atoms with E-state index in [0.29, 0.717) is 12.4 Å². The predicted molar refractivity (Wildman–Crippen MR) is 108 cm³/mol. The van der Waals surface area contributed by atoms with E-state index in [4.69, 9.17) is 14.7 Å². The summed E-state index contributed by atoms with van der Waals surface area (Å²) >= 11 is 3.26. The quantitative estimate of drug-likeness (QED) is 0.547. The van der Waals surface area contributed by atoms with Crippen LogP contribution in [0.1, 0.15) is 50.9 Å². The van der Waals surface area contributed by atoms with Gasteiger partial charge in [0.25, 0.3) is 0 Å². The van der Waals surface area contributed by atoms with Gasteiger partial charge in [0.15, 0.2) is 0 Å². The van der Waals surface area contributed by atoms with E-state index in [9.17, 15) is 4.79 Å². The Kier molecular flexibility index (Phi) is 5.89. The molecule has 7 heteroatoms. The average molecular weight is 394 g/mol. The van der Waals surface area contributed by atoms with Crippen LogP contribution < -0.4 is 0 Å². The van der Waals surface area contributed by atoms with Gasteiger partial charge in [-0.05, 0) is 33.3 Å². The van der Waals surface area contributed by atoms with Crippen LogP contribution in [0.2, 0.25) is 0 Å². The van der Waals surface area contributed by atoms with Crippen molar-refractivity contribution in [2.45, 2.75) is 64.7 Å². The van der Waals surface area contributed by atoms with Crippen LogP contribution in [-0.2, 0) is 29.0 Å². The Morgan fingerprint density at radius 3 is 2.65 bits per heavy atom. The number of nitrogens with zero attached hydrogens (tertiary/aromatic N) is 3. The maximum Gasteiger partial charge on any atom is 0.232 e. The first-order valence-corrected chi connectivity index (χ1v) is 11.0. The molecule has 26 heavy (non-hydrogen) atoms. The van der Waals surface area contributed by atoms with Gasteiger partial charge in [-0.2, -0.15) is 0 Å². The molecule has 0 aliphatic carbocycles. The number of carbonyl (C=O) groups excluding carboxylic acids is 1. The number of thioether (sulfide) groups is 1. The Labute approximate surface area is 163 Å². The number of aromatic nitrogens is 2. The van der Waals surface area contributed by atoms with Crippen molar-refractivity contribution in [2.24, 2.45) is 0 Å². The van der Waals surface area contributed by atoms with Gasteiger partial charge >= 0.3 is 0 Å². The van der Waals surface area contributed by atoms with E-state index in [1.807, 2.05) is 18.7 Å². The first-order valence-electron chi connectivity index (χ1n) is 9.24. The topological polar surface area (TPSA) is 55.3 Å². The summed E-state index contributed by atoms with van der Waals surface area (Å²) in [7, 11) is 0. The molecule has 2 aromatic rings. The number of carbonyl (C=O) groups is 1. The molecule has 3 rings (SSSR count). The molecule has 0 atom stereocenters. The van der Waals surface area contributed by atoms with Gasteiger partial charge in [0.1, 0.15) is 15.7 Å². The smallest absolute Gasteiger partial charge is 0.232 e. The van der Waals surface area contributed by atoms with Crippen molar-refractivity contribution in [2.75, 3.05) is 18.8 Å². The summed E-state index contributed by atoms with van der Waals surface area (Å²) in [6.45, 7) is 12.5. The highest BCUT2D eigenvalue weighted by atomic mass is 32.2. The summed E-state index contributed by atoms with van der Waals surface area (Å²) in [4.78, 5) is 26.1. The zero-order valence-corrected chi connectivity index (χ0v) is 17.9. The number of hydrogen-bond acceptors (Lipinski definition) is 6. The minimum atomic E-state index is -0.177. The van der Waals surface area contributed by atoms with Gasteiger partial charge in [0.05, 0.1) is 18.0 Å². The summed E-state index contributed by atoms with van der Waals surface area (Å²) in [5.41, 5.74) is 1.13. The highest BCUT2D eigenvalue weighted by Gasteiger charge is 2.31. The van der Waals surface area contributed by atoms with Crippen molar-refractivity contribution >= 4 is 39.2 Å². The largest absolute Gasteiger partial charge is 0.370 e. The van der Waals surface area contributed by atoms with Crippen molar-refractivity contribution in [1.29, 1.82) is 0 Å². The minimum Gasteiger partial charge on any atom is -0.370 e. The summed E-state index contributed by atoms with van der Waals surface area (Å²) < 4.78 is 5.97. The average Bonchev–Trinajstić information content (AvgIpc) is 2.97. The lowest BCUT2D eigenvalue weighted by Crippen LogP contribution is -2.32. The standard InChI is InChI=1S/C19H27N3O2S2/c1-6-14-20-17(25-11-15(23)22(7-2)8-3)16-12-9-19(4,5)24-10-13(12)26-18(16)21-14/h6-11H2,1-5H3. The second-order valence-corrected chi connectivity index (χ2v) is 9.11. The van der Waals surface area contributed by atoms with Gasteiger partial charge in [-0.15, -0.1) is 11.3 Å². The van der Waals surface area contributed by atoms with Gasteiger partial charge in [-0.3, -0.25) is 4.79 Å². The molecule has 2 aromatic heterocycles. The van der Waals surface area contributed by atoms with Crippen molar-refractivity contribution in [3.05, 3.63) is 16.3 Å². The third-order valence-corrected chi connectivity index (χ3v) is 6.77. The highest BCUT2D eigenvalue weighted by molar-refractivity contribution is 8.00. The predicted octanol–water partition coefficient (Wildman–Crippen LogP) is 4.07. The zero-order chi connectivity index (χ0) is 18.9. The molecule has 0 spiro atoms. The fraction of sp³-hybridized carbons (Fsp3) is 0.632. The second kappa shape index (κ2) is 7.82. The molecule has 0 bridgehead atoms. The molecule has 0 fully saturated rings. The lowest BCUT2D eigenvalue weighted by Gasteiger charge is -2.30. The first kappa shape index (κ1) is 19.6. The molecule has 0 radical (unpaired) electrons. The van der Waals surface area contributed by atoms with Gasteiger partial charge in [0.2, 0.25) is 5.91 Å². The lowest BCUT2D eigenvalue weighted by atomic mass is 9.95. The molecule has 0 unspecified atom stereocenters. The van der Waals surface area contributed by atoms with Gasteiger partial charge in [-0.25, -0.2) is 9.97 Å². The third-order valence-electron chi connectivity index (χ3n) is 4.71. The molecule has 5 nitrogen and oxygen atoms in total. The summed E-state index contributed by atoms with van der Waals surface area (Å²) in [6.07, 6.45) is 1.65. The van der Waals surface area contributed by atoms with E-state index < -0.39 is 0 Å². The Balaban J connectivity index is 1.98. The number of hydrogen-bond donors (Lipinski definition) is 0. The second-order valence-electron chi connectivity index (χ2n) is 7.06. The maximum atomic E-state index is 12.4. The van der Waals surface area contributed by atoms with E-state index in [1.54, 1.807) is 23.1 Å². The van der Waals surface area contributed by atoms with Crippen LogP contribution in [0.5, 0.6) is 0 Å². The Hall–Kier alpha value is -1.18. The van der Waals surface area contributed by atoms with Crippen LogP contribution in [0.3, 0.4) is 0 Å². The molecule has 0 saturated carbocycles. The molecule has 0 N–H and O–H groups in total. The van der Waals surface area contributed by atoms with Gasteiger partial charge in [0, 0.05) is 36.2 Å². The molecule has 0 aromatic carbocycles. The van der Waals surface area contributed by atoms with E-state index in [1.165, 1.54) is 10.4 Å². The molecule has 3 heterocycles. The number of rotatable bonds is 6. The highest BCUT2D eigenvalue weighted by Crippen LogP contribution is 2.41. The first-order chi connectivity index (χ1) is 12.4. The molecule has 0 saturated heterocycles. The molecule has 1 amide bonds. The number of amides is 1. The van der Waals surface area contributed by atoms with Crippen LogP contribution in [-0.4, -0.2) is 45.2 Å². The van der Waals surface area contributed by atoms with E-state index in [2.05, 4.69) is 20.8 Å². The van der Waals surface area contributed by atoms with Crippen molar-refractivity contribution < 1.29 is 9.53 Å².